The number of likely N-dealkylation sites (N-methyl/N-ethyl adjacent to an activating group) is 1. The molecule has 0 aliphatic carbocycles. The summed E-state index contributed by atoms with van der Waals surface area (Å²) in [5.74, 6) is 0.102. The van der Waals surface area contributed by atoms with Gasteiger partial charge in [0.1, 0.15) is 11.0 Å². The summed E-state index contributed by atoms with van der Waals surface area (Å²) < 4.78 is 10.4. The molecule has 1 fully saturated rings. The van der Waals surface area contributed by atoms with Gasteiger partial charge in [-0.3, -0.25) is 9.69 Å². The molecule has 2 atom stereocenters. The lowest BCUT2D eigenvalue weighted by atomic mass is 10.2. The van der Waals surface area contributed by atoms with E-state index in [1.54, 1.807) is 4.90 Å². The molecule has 2 heterocycles. The van der Waals surface area contributed by atoms with Crippen LogP contribution in [0.3, 0.4) is 0 Å². The van der Waals surface area contributed by atoms with Crippen molar-refractivity contribution in [3.05, 3.63) is 23.8 Å². The van der Waals surface area contributed by atoms with Crippen LogP contribution >= 0.6 is 0 Å². The first kappa shape index (κ1) is 15.9. The van der Waals surface area contributed by atoms with Gasteiger partial charge in [-0.1, -0.05) is 6.07 Å². The number of rotatable bonds is 4. The first-order valence-electron chi connectivity index (χ1n) is 7.84. The summed E-state index contributed by atoms with van der Waals surface area (Å²) in [5, 5.41) is 7.61. The van der Waals surface area contributed by atoms with E-state index in [2.05, 4.69) is 15.2 Å². The Morgan fingerprint density at radius 3 is 2.70 bits per heavy atom. The average molecular weight is 318 g/mol. The van der Waals surface area contributed by atoms with Gasteiger partial charge in [0.15, 0.2) is 0 Å². The number of morpholine rings is 1. The van der Waals surface area contributed by atoms with E-state index in [1.807, 2.05) is 39.1 Å². The van der Waals surface area contributed by atoms with E-state index in [0.717, 1.165) is 24.2 Å². The molecule has 7 nitrogen and oxygen atoms in total. The second-order valence-corrected chi connectivity index (χ2v) is 6.29. The highest BCUT2D eigenvalue weighted by Crippen LogP contribution is 2.14. The lowest BCUT2D eigenvalue weighted by Crippen LogP contribution is -2.49. The molecule has 0 radical (unpaired) electrons. The Morgan fingerprint density at radius 1 is 1.26 bits per heavy atom. The molecular weight excluding hydrogens is 296 g/mol. The van der Waals surface area contributed by atoms with Crippen molar-refractivity contribution in [2.45, 2.75) is 32.6 Å². The molecule has 23 heavy (non-hydrogen) atoms. The third kappa shape index (κ3) is 3.86. The Balaban J connectivity index is 1.58. The summed E-state index contributed by atoms with van der Waals surface area (Å²) in [6.07, 6.45) is 0.331. The molecule has 1 aromatic heterocycles. The van der Waals surface area contributed by atoms with Gasteiger partial charge in [-0.2, -0.15) is 0 Å². The number of amides is 1. The maximum Gasteiger partial charge on any atom is 0.236 e. The molecule has 1 aliphatic heterocycles. The summed E-state index contributed by atoms with van der Waals surface area (Å²) in [6.45, 7) is 6.62. The van der Waals surface area contributed by atoms with Crippen molar-refractivity contribution in [1.29, 1.82) is 0 Å². The van der Waals surface area contributed by atoms with Crippen molar-refractivity contribution in [2.75, 3.05) is 26.7 Å². The van der Waals surface area contributed by atoms with Gasteiger partial charge < -0.3 is 9.64 Å². The van der Waals surface area contributed by atoms with Crippen LogP contribution in [0.5, 0.6) is 0 Å². The standard InChI is InChI=1S/C16H22N4O3/c1-11-7-20(8-12(2)22-11)10-16(21)19(3)9-13-4-5-14-15(6-13)18-23-17-14/h4-6,11-12H,7-10H2,1-3H3/t11-,12+. The minimum absolute atomic E-state index is 0.102. The second-order valence-electron chi connectivity index (χ2n) is 6.29. The van der Waals surface area contributed by atoms with Gasteiger partial charge in [-0.25, -0.2) is 4.63 Å². The number of carbonyl (C=O) groups is 1. The van der Waals surface area contributed by atoms with Crippen LogP contribution in [0.15, 0.2) is 22.8 Å². The molecule has 1 saturated heterocycles. The Hall–Kier alpha value is -1.99. The summed E-state index contributed by atoms with van der Waals surface area (Å²) in [7, 11) is 1.82. The number of hydrogen-bond acceptors (Lipinski definition) is 6. The van der Waals surface area contributed by atoms with Crippen molar-refractivity contribution in [3.63, 3.8) is 0 Å². The smallest absolute Gasteiger partial charge is 0.236 e. The van der Waals surface area contributed by atoms with Crippen molar-refractivity contribution < 1.29 is 14.2 Å². The van der Waals surface area contributed by atoms with Gasteiger partial charge in [0, 0.05) is 26.7 Å². The number of carbonyl (C=O) groups excluding carboxylic acids is 1. The Kier molecular flexibility index (Phi) is 4.58. The van der Waals surface area contributed by atoms with Gasteiger partial charge in [-0.05, 0) is 41.9 Å². The molecule has 1 aromatic carbocycles. The zero-order valence-corrected chi connectivity index (χ0v) is 13.7. The van der Waals surface area contributed by atoms with E-state index in [1.165, 1.54) is 0 Å². The molecule has 0 N–H and O–H groups in total. The van der Waals surface area contributed by atoms with Crippen LogP contribution in [0, 0.1) is 0 Å². The van der Waals surface area contributed by atoms with Crippen LogP contribution in [-0.2, 0) is 16.1 Å². The fraction of sp³-hybridized carbons (Fsp3) is 0.562. The SMILES string of the molecule is C[C@@H]1CN(CC(=O)N(C)Cc2ccc3nonc3c2)C[C@H](C)O1. The molecule has 0 saturated carbocycles. The van der Waals surface area contributed by atoms with Crippen LogP contribution in [-0.4, -0.2) is 64.9 Å². The number of ether oxygens (including phenoxy) is 1. The van der Waals surface area contributed by atoms with E-state index in [-0.39, 0.29) is 18.1 Å². The van der Waals surface area contributed by atoms with Crippen LogP contribution in [0.2, 0.25) is 0 Å². The van der Waals surface area contributed by atoms with E-state index in [0.29, 0.717) is 18.6 Å². The molecule has 1 amide bonds. The number of fused-ring (bicyclic) bond motifs is 1. The van der Waals surface area contributed by atoms with Crippen LogP contribution in [0.25, 0.3) is 11.0 Å². The maximum absolute atomic E-state index is 12.4. The summed E-state index contributed by atoms with van der Waals surface area (Å²) >= 11 is 0. The molecule has 3 rings (SSSR count). The van der Waals surface area contributed by atoms with Crippen molar-refractivity contribution in [1.82, 2.24) is 20.1 Å². The summed E-state index contributed by atoms with van der Waals surface area (Å²) in [5.41, 5.74) is 2.44. The molecule has 1 aliphatic rings. The predicted octanol–water partition coefficient (Wildman–Crippen LogP) is 1.29. The van der Waals surface area contributed by atoms with E-state index < -0.39 is 0 Å². The first-order valence-corrected chi connectivity index (χ1v) is 7.84. The number of nitrogens with zero attached hydrogens (tertiary/aromatic N) is 4. The highest BCUT2D eigenvalue weighted by molar-refractivity contribution is 5.78. The number of aromatic nitrogens is 2. The highest BCUT2D eigenvalue weighted by Gasteiger charge is 2.24. The Bertz CT molecular complexity index is 677. The van der Waals surface area contributed by atoms with Crippen LogP contribution in [0.4, 0.5) is 0 Å². The topological polar surface area (TPSA) is 71.7 Å². The van der Waals surface area contributed by atoms with Crippen LogP contribution in [0.1, 0.15) is 19.4 Å². The van der Waals surface area contributed by atoms with Crippen LogP contribution < -0.4 is 0 Å². The minimum atomic E-state index is 0.102. The number of hydrogen-bond donors (Lipinski definition) is 0. The molecule has 7 heteroatoms. The van der Waals surface area contributed by atoms with Gasteiger partial charge in [0.25, 0.3) is 0 Å². The van der Waals surface area contributed by atoms with Crippen molar-refractivity contribution in [3.8, 4) is 0 Å². The predicted molar refractivity (Wildman–Crippen MR) is 84.7 cm³/mol. The number of benzene rings is 1. The van der Waals surface area contributed by atoms with Gasteiger partial charge in [-0.15, -0.1) is 0 Å². The summed E-state index contributed by atoms with van der Waals surface area (Å²) in [4.78, 5) is 16.3. The Morgan fingerprint density at radius 2 is 1.96 bits per heavy atom. The molecule has 0 spiro atoms. The van der Waals surface area contributed by atoms with Crippen molar-refractivity contribution in [2.24, 2.45) is 0 Å². The second kappa shape index (κ2) is 6.64. The maximum atomic E-state index is 12.4. The third-order valence-electron chi connectivity index (χ3n) is 4.02. The van der Waals surface area contributed by atoms with Gasteiger partial charge >= 0.3 is 0 Å². The normalized spacial score (nSPS) is 22.4. The molecule has 0 unspecified atom stereocenters. The van der Waals surface area contributed by atoms with Crippen molar-refractivity contribution >= 4 is 16.9 Å². The lowest BCUT2D eigenvalue weighted by molar-refractivity contribution is -0.135. The fourth-order valence-corrected chi connectivity index (χ4v) is 3.01. The largest absolute Gasteiger partial charge is 0.373 e. The molecular formula is C16H22N4O3. The zero-order chi connectivity index (χ0) is 16.4. The quantitative estimate of drug-likeness (QED) is 0.846. The minimum Gasteiger partial charge on any atom is -0.373 e. The average Bonchev–Trinajstić information content (AvgIpc) is 2.93. The van der Waals surface area contributed by atoms with Gasteiger partial charge in [0.05, 0.1) is 18.8 Å². The van der Waals surface area contributed by atoms with E-state index in [4.69, 9.17) is 9.37 Å². The first-order chi connectivity index (χ1) is 11.0. The fourth-order valence-electron chi connectivity index (χ4n) is 3.01. The molecule has 2 aromatic rings. The zero-order valence-electron chi connectivity index (χ0n) is 13.7. The van der Waals surface area contributed by atoms with E-state index in [9.17, 15) is 4.79 Å². The third-order valence-corrected chi connectivity index (χ3v) is 4.02. The molecule has 0 bridgehead atoms. The monoisotopic (exact) mass is 318 g/mol. The summed E-state index contributed by atoms with van der Waals surface area (Å²) in [6, 6.07) is 5.69. The Labute approximate surface area is 135 Å². The molecule has 124 valence electrons. The lowest BCUT2D eigenvalue weighted by Gasteiger charge is -2.35. The van der Waals surface area contributed by atoms with E-state index >= 15 is 0 Å². The van der Waals surface area contributed by atoms with Gasteiger partial charge in [0.2, 0.25) is 5.91 Å². The highest BCUT2D eigenvalue weighted by atomic mass is 16.6.